The largest absolute Gasteiger partial charge is 1.00 e. The van der Waals surface area contributed by atoms with E-state index in [2.05, 4.69) is 13.8 Å². The van der Waals surface area contributed by atoms with Gasteiger partial charge in [-0.1, -0.05) is 26.7 Å². The second kappa shape index (κ2) is 16.5. The van der Waals surface area contributed by atoms with E-state index in [-0.39, 0.29) is 37.4 Å². The average Bonchev–Trinajstić information content (AvgIpc) is 1.37. The first-order valence-electron chi connectivity index (χ1n) is 1.91. The molecular weight excluding hydrogens is 119 g/mol. The van der Waals surface area contributed by atoms with Gasteiger partial charge < -0.3 is 1.43 Å². The van der Waals surface area contributed by atoms with E-state index in [0.717, 1.165) is 0 Å². The normalized spacial score (nSPS) is 5.00. The van der Waals surface area contributed by atoms with E-state index < -0.39 is 0 Å². The second-order valence-corrected chi connectivity index (χ2v) is 1.000. The Morgan fingerprint density at radius 3 is 1.33 bits per heavy atom. The molecule has 0 bridgehead atoms. The Kier molecular flexibility index (Phi) is 43.2. The fourth-order valence-corrected chi connectivity index (χ4v) is 0. The van der Waals surface area contributed by atoms with E-state index in [1.807, 2.05) is 0 Å². The monoisotopic (exact) mass is 129 g/mol. The molecule has 0 heterocycles. The van der Waals surface area contributed by atoms with Crippen LogP contribution in [0.2, 0.25) is 0 Å². The Hall–Kier alpha value is 1.12. The Morgan fingerprint density at radius 2 is 1.33 bits per heavy atom. The van der Waals surface area contributed by atoms with Crippen molar-refractivity contribution in [2.45, 2.75) is 26.7 Å². The third-order valence-corrected chi connectivity index (χ3v) is 0.500. The first-order valence-corrected chi connectivity index (χ1v) is 1.91. The molecule has 0 amide bonds. The van der Waals surface area contributed by atoms with E-state index in [0.29, 0.717) is 0 Å². The van der Waals surface area contributed by atoms with Crippen LogP contribution in [0.25, 0.3) is 0 Å². The van der Waals surface area contributed by atoms with Gasteiger partial charge in [-0.25, -0.2) is 0 Å². The first kappa shape index (κ1) is 15.7. The van der Waals surface area contributed by atoms with Crippen LogP contribution in [0.5, 0.6) is 0 Å². The van der Waals surface area contributed by atoms with Gasteiger partial charge in [-0.2, -0.15) is 0 Å². The molecule has 0 aliphatic rings. The molecule has 39 valence electrons. The summed E-state index contributed by atoms with van der Waals surface area (Å²) in [5, 5.41) is 0. The molecule has 0 aromatic rings. The molecular formula is C4H11CuLi. The minimum Gasteiger partial charge on any atom is -1.00 e. The Morgan fingerprint density at radius 1 is 1.17 bits per heavy atom. The molecule has 0 N–H and O–H groups in total. The molecule has 0 rings (SSSR count). The summed E-state index contributed by atoms with van der Waals surface area (Å²) in [6.07, 6.45) is 2.64. The van der Waals surface area contributed by atoms with Gasteiger partial charge >= 0.3 is 18.9 Å². The molecule has 0 spiro atoms. The number of unbranched alkanes of at least 4 members (excludes halogenated alkanes) is 1. The van der Waals surface area contributed by atoms with Gasteiger partial charge in [0, 0.05) is 17.1 Å². The molecule has 0 fully saturated rings. The van der Waals surface area contributed by atoms with Gasteiger partial charge in [0.1, 0.15) is 0 Å². The number of rotatable bonds is 1. The van der Waals surface area contributed by atoms with Crippen molar-refractivity contribution in [1.82, 2.24) is 0 Å². The molecule has 0 aromatic heterocycles. The third kappa shape index (κ3) is 19.4. The zero-order chi connectivity index (χ0) is 3.41. The van der Waals surface area contributed by atoms with Crippen LogP contribution < -0.4 is 18.9 Å². The van der Waals surface area contributed by atoms with Crippen LogP contribution in [0.4, 0.5) is 0 Å². The van der Waals surface area contributed by atoms with Gasteiger partial charge in [0.2, 0.25) is 0 Å². The molecule has 0 nitrogen and oxygen atoms in total. The summed E-state index contributed by atoms with van der Waals surface area (Å²) >= 11 is 0. The van der Waals surface area contributed by atoms with E-state index >= 15 is 0 Å². The fourth-order valence-electron chi connectivity index (χ4n) is 0. The van der Waals surface area contributed by atoms with Gasteiger partial charge in [0.15, 0.2) is 0 Å². The second-order valence-electron chi connectivity index (χ2n) is 1.000. The minimum atomic E-state index is 0. The third-order valence-electron chi connectivity index (χ3n) is 0.500. The fraction of sp³-hybridized carbons (Fsp3) is 1.00. The maximum atomic E-state index is 2.18. The zero-order valence-corrected chi connectivity index (χ0v) is 5.66. The van der Waals surface area contributed by atoms with E-state index in [4.69, 9.17) is 0 Å². The van der Waals surface area contributed by atoms with Crippen molar-refractivity contribution < 1.29 is 37.4 Å². The summed E-state index contributed by atoms with van der Waals surface area (Å²) in [5.74, 6) is 0. The van der Waals surface area contributed by atoms with Gasteiger partial charge in [-0.15, -0.1) is 0 Å². The quantitative estimate of drug-likeness (QED) is 0.396. The predicted molar refractivity (Wildman–Crippen MR) is 21.7 cm³/mol. The molecule has 0 aromatic carbocycles. The van der Waals surface area contributed by atoms with Crippen molar-refractivity contribution in [2.24, 2.45) is 0 Å². The Bertz CT molecular complexity index is 13.7. The molecule has 0 saturated carbocycles. The molecule has 0 aliphatic carbocycles. The van der Waals surface area contributed by atoms with Crippen molar-refractivity contribution in [3.8, 4) is 0 Å². The summed E-state index contributed by atoms with van der Waals surface area (Å²) in [4.78, 5) is 0. The van der Waals surface area contributed by atoms with E-state index in [1.54, 1.807) is 0 Å². The molecule has 0 saturated heterocycles. The van der Waals surface area contributed by atoms with Crippen LogP contribution in [-0.4, -0.2) is 0 Å². The van der Waals surface area contributed by atoms with Crippen LogP contribution in [0.1, 0.15) is 28.1 Å². The summed E-state index contributed by atoms with van der Waals surface area (Å²) in [6, 6.07) is 0. The Labute approximate surface area is 64.2 Å². The molecule has 0 unspecified atom stereocenters. The predicted octanol–water partition coefficient (Wildman–Crippen LogP) is -1.08. The van der Waals surface area contributed by atoms with Crippen molar-refractivity contribution in [1.29, 1.82) is 0 Å². The SMILES string of the molecule is CCCC.[Cu].[H-].[Li+]. The van der Waals surface area contributed by atoms with Crippen LogP contribution in [0.3, 0.4) is 0 Å². The topological polar surface area (TPSA) is 0 Å². The van der Waals surface area contributed by atoms with Gasteiger partial charge in [-0.05, 0) is 0 Å². The van der Waals surface area contributed by atoms with Gasteiger partial charge in [-0.3, -0.25) is 0 Å². The van der Waals surface area contributed by atoms with Crippen LogP contribution in [-0.2, 0) is 17.1 Å². The van der Waals surface area contributed by atoms with Gasteiger partial charge in [0.05, 0.1) is 0 Å². The van der Waals surface area contributed by atoms with Crippen LogP contribution >= 0.6 is 0 Å². The summed E-state index contributed by atoms with van der Waals surface area (Å²) in [7, 11) is 0. The summed E-state index contributed by atoms with van der Waals surface area (Å²) in [6.45, 7) is 4.36. The minimum absolute atomic E-state index is 0. The standard InChI is InChI=1S/C4H10.Cu.Li.H/c1-3-4-2;;;/h3-4H2,1-2H3;;;/q;;+1;-1. The molecule has 0 atom stereocenters. The first-order chi connectivity index (χ1) is 1.91. The maximum absolute atomic E-state index is 2.18. The number of hydrogen-bond acceptors (Lipinski definition) is 0. The summed E-state index contributed by atoms with van der Waals surface area (Å²) < 4.78 is 0. The van der Waals surface area contributed by atoms with Crippen molar-refractivity contribution in [3.05, 3.63) is 0 Å². The molecule has 1 radical (unpaired) electrons. The number of hydrogen-bond donors (Lipinski definition) is 0. The maximum Gasteiger partial charge on any atom is 1.00 e. The molecule has 0 aliphatic heterocycles. The van der Waals surface area contributed by atoms with Crippen molar-refractivity contribution in [2.75, 3.05) is 0 Å². The van der Waals surface area contributed by atoms with Gasteiger partial charge in [0.25, 0.3) is 0 Å². The van der Waals surface area contributed by atoms with Crippen LogP contribution in [0, 0.1) is 0 Å². The zero-order valence-electron chi connectivity index (χ0n) is 5.72. The van der Waals surface area contributed by atoms with E-state index in [1.165, 1.54) is 12.8 Å². The van der Waals surface area contributed by atoms with Crippen molar-refractivity contribution in [3.63, 3.8) is 0 Å². The smallest absolute Gasteiger partial charge is 1.00 e. The molecule has 6 heavy (non-hydrogen) atoms. The average molecular weight is 130 g/mol. The van der Waals surface area contributed by atoms with Crippen LogP contribution in [0.15, 0.2) is 0 Å². The Balaban J connectivity index is -0.0000000150. The molecule has 2 heteroatoms. The van der Waals surface area contributed by atoms with Crippen molar-refractivity contribution >= 4 is 0 Å². The van der Waals surface area contributed by atoms with E-state index in [9.17, 15) is 0 Å². The summed E-state index contributed by atoms with van der Waals surface area (Å²) in [5.41, 5.74) is 0.